The lowest BCUT2D eigenvalue weighted by Crippen LogP contribution is -2.47. The number of hydrogen-bond donors (Lipinski definition) is 1. The largest absolute Gasteiger partial charge is 0.505 e. The molecule has 4 rings (SSSR count). The normalized spacial score (nSPS) is 22.0. The molecule has 3 heterocycles. The summed E-state index contributed by atoms with van der Waals surface area (Å²) in [5.41, 5.74) is 2.09. The highest BCUT2D eigenvalue weighted by Gasteiger charge is 2.33. The van der Waals surface area contributed by atoms with Gasteiger partial charge in [0, 0.05) is 36.4 Å². The van der Waals surface area contributed by atoms with E-state index < -0.39 is 0 Å². The van der Waals surface area contributed by atoms with Crippen molar-refractivity contribution in [1.82, 2.24) is 14.9 Å². The Kier molecular flexibility index (Phi) is 5.00. The first-order chi connectivity index (χ1) is 13.0. The van der Waals surface area contributed by atoms with E-state index >= 15 is 0 Å². The fourth-order valence-electron chi connectivity index (χ4n) is 3.92. The van der Waals surface area contributed by atoms with Crippen LogP contribution in [0.1, 0.15) is 31.1 Å². The van der Waals surface area contributed by atoms with E-state index in [1.807, 2.05) is 36.4 Å². The Morgan fingerprint density at radius 1 is 1.11 bits per heavy atom. The van der Waals surface area contributed by atoms with E-state index in [0.717, 1.165) is 24.2 Å². The van der Waals surface area contributed by atoms with E-state index in [4.69, 9.17) is 16.3 Å². The van der Waals surface area contributed by atoms with Crippen molar-refractivity contribution in [2.75, 3.05) is 13.1 Å². The maximum atomic E-state index is 11.1. The molecule has 27 heavy (non-hydrogen) atoms. The monoisotopic (exact) mass is 383 g/mol. The number of aromatic nitrogens is 2. The van der Waals surface area contributed by atoms with Gasteiger partial charge in [-0.2, -0.15) is 0 Å². The van der Waals surface area contributed by atoms with Crippen molar-refractivity contribution in [3.63, 3.8) is 0 Å². The van der Waals surface area contributed by atoms with Crippen LogP contribution in [0.4, 0.5) is 0 Å². The van der Waals surface area contributed by atoms with Crippen molar-refractivity contribution in [2.24, 2.45) is 0 Å². The van der Waals surface area contributed by atoms with Gasteiger partial charge in [-0.25, -0.2) is 0 Å². The first-order valence-electron chi connectivity index (χ1n) is 9.11. The number of pyridine rings is 2. The molecule has 0 spiro atoms. The Balaban J connectivity index is 1.89. The van der Waals surface area contributed by atoms with Crippen LogP contribution in [0, 0.1) is 0 Å². The molecule has 1 aromatic carbocycles. The van der Waals surface area contributed by atoms with E-state index in [9.17, 15) is 5.11 Å². The zero-order chi connectivity index (χ0) is 19.0. The lowest BCUT2D eigenvalue weighted by Gasteiger charge is -2.40. The molecule has 3 atom stereocenters. The third-order valence-electron chi connectivity index (χ3n) is 4.92. The number of hydrogen-bond acceptors (Lipinski definition) is 5. The summed E-state index contributed by atoms with van der Waals surface area (Å²) in [7, 11) is 0. The number of ether oxygens (including phenoxy) is 1. The fraction of sp³-hybridized carbons (Fsp3) is 0.333. The molecule has 6 heteroatoms. The molecule has 0 radical (unpaired) electrons. The van der Waals surface area contributed by atoms with Crippen molar-refractivity contribution in [1.29, 1.82) is 0 Å². The van der Waals surface area contributed by atoms with Crippen LogP contribution < -0.4 is 0 Å². The predicted molar refractivity (Wildman–Crippen MR) is 106 cm³/mol. The molecule has 0 amide bonds. The summed E-state index contributed by atoms with van der Waals surface area (Å²) in [4.78, 5) is 11.2. The average molecular weight is 384 g/mol. The summed E-state index contributed by atoms with van der Waals surface area (Å²) in [6.07, 6.45) is 3.62. The van der Waals surface area contributed by atoms with Crippen LogP contribution in [0.5, 0.6) is 5.75 Å². The minimum atomic E-state index is -0.232. The first kappa shape index (κ1) is 18.2. The minimum Gasteiger partial charge on any atom is -0.505 e. The van der Waals surface area contributed by atoms with E-state index in [0.29, 0.717) is 16.1 Å². The number of nitrogens with zero attached hydrogens (tertiary/aromatic N) is 3. The molecule has 0 bridgehead atoms. The molecular formula is C21H22ClN3O2. The summed E-state index contributed by atoms with van der Waals surface area (Å²) in [6.45, 7) is 5.60. The third-order valence-corrected chi connectivity index (χ3v) is 5.23. The molecule has 1 N–H and O–H groups in total. The number of phenols is 1. The second kappa shape index (κ2) is 7.43. The number of fused-ring (bicyclic) bond motifs is 1. The van der Waals surface area contributed by atoms with Gasteiger partial charge in [0.15, 0.2) is 0 Å². The molecule has 3 aromatic rings. The van der Waals surface area contributed by atoms with Gasteiger partial charge in [-0.3, -0.25) is 14.9 Å². The molecule has 1 saturated heterocycles. The predicted octanol–water partition coefficient (Wildman–Crippen LogP) is 4.19. The summed E-state index contributed by atoms with van der Waals surface area (Å²) in [5.74, 6) is 0.150. The SMILES string of the molecule is C[C@H]1CN([C@@H](c2ccccn2)c2cc(Cl)c3cccnc3c2O)C[C@H](C)O1. The molecule has 140 valence electrons. The molecular weight excluding hydrogens is 362 g/mol. The van der Waals surface area contributed by atoms with E-state index in [1.54, 1.807) is 12.4 Å². The van der Waals surface area contributed by atoms with Crippen molar-refractivity contribution >= 4 is 22.5 Å². The Morgan fingerprint density at radius 3 is 2.56 bits per heavy atom. The highest BCUT2D eigenvalue weighted by Crippen LogP contribution is 2.41. The Morgan fingerprint density at radius 2 is 1.85 bits per heavy atom. The molecule has 0 unspecified atom stereocenters. The van der Waals surface area contributed by atoms with E-state index in [1.165, 1.54) is 0 Å². The second-order valence-electron chi connectivity index (χ2n) is 7.06. The molecule has 0 aliphatic carbocycles. The maximum absolute atomic E-state index is 11.1. The number of aromatic hydroxyl groups is 1. The number of morpholine rings is 1. The van der Waals surface area contributed by atoms with Crippen LogP contribution in [0.2, 0.25) is 5.02 Å². The molecule has 5 nitrogen and oxygen atoms in total. The zero-order valence-electron chi connectivity index (χ0n) is 15.3. The molecule has 1 fully saturated rings. The third kappa shape index (κ3) is 3.50. The van der Waals surface area contributed by atoms with Crippen molar-refractivity contribution in [2.45, 2.75) is 32.1 Å². The van der Waals surface area contributed by atoms with Gasteiger partial charge in [0.2, 0.25) is 0 Å². The number of rotatable bonds is 3. The Bertz CT molecular complexity index is 941. The smallest absolute Gasteiger partial charge is 0.147 e. The average Bonchev–Trinajstić information content (AvgIpc) is 2.66. The van der Waals surface area contributed by atoms with Crippen molar-refractivity contribution in [3.05, 3.63) is 65.1 Å². The maximum Gasteiger partial charge on any atom is 0.147 e. The van der Waals surface area contributed by atoms with E-state index in [-0.39, 0.29) is 24.0 Å². The van der Waals surface area contributed by atoms with Crippen LogP contribution >= 0.6 is 11.6 Å². The number of halogens is 1. The number of benzene rings is 1. The van der Waals surface area contributed by atoms with Gasteiger partial charge in [-0.15, -0.1) is 0 Å². The van der Waals surface area contributed by atoms with Gasteiger partial charge in [-0.1, -0.05) is 17.7 Å². The zero-order valence-corrected chi connectivity index (χ0v) is 16.1. The Hall–Kier alpha value is -2.21. The van der Waals surface area contributed by atoms with Crippen molar-refractivity contribution < 1.29 is 9.84 Å². The first-order valence-corrected chi connectivity index (χ1v) is 9.49. The topological polar surface area (TPSA) is 58.5 Å². The summed E-state index contributed by atoms with van der Waals surface area (Å²) in [5, 5.41) is 12.4. The Labute approximate surface area is 163 Å². The van der Waals surface area contributed by atoms with Crippen LogP contribution in [0.25, 0.3) is 10.9 Å². The lowest BCUT2D eigenvalue weighted by atomic mass is 9.96. The van der Waals surface area contributed by atoms with Gasteiger partial charge >= 0.3 is 0 Å². The van der Waals surface area contributed by atoms with Crippen LogP contribution in [-0.4, -0.2) is 45.3 Å². The van der Waals surface area contributed by atoms with Crippen molar-refractivity contribution in [3.8, 4) is 5.75 Å². The van der Waals surface area contributed by atoms with Gasteiger partial charge in [0.05, 0.1) is 29.0 Å². The number of phenolic OH excluding ortho intramolecular Hbond substituents is 1. The highest BCUT2D eigenvalue weighted by molar-refractivity contribution is 6.35. The fourth-order valence-corrected chi connectivity index (χ4v) is 4.19. The minimum absolute atomic E-state index is 0.0937. The molecule has 2 aromatic heterocycles. The summed E-state index contributed by atoms with van der Waals surface area (Å²) < 4.78 is 5.90. The van der Waals surface area contributed by atoms with Gasteiger partial charge in [0.25, 0.3) is 0 Å². The standard InChI is InChI=1S/C21H22ClN3O2/c1-13-11-25(12-14(2)27-13)20(18-7-3-4-8-23-18)16-10-17(22)15-6-5-9-24-19(15)21(16)26/h3-10,13-14,20,26H,11-12H2,1-2H3/t13-,14-,20+/m0/s1. The summed E-state index contributed by atoms with van der Waals surface area (Å²) in [6, 6.07) is 11.1. The molecule has 1 aliphatic rings. The second-order valence-corrected chi connectivity index (χ2v) is 7.47. The lowest BCUT2D eigenvalue weighted by molar-refractivity contribution is -0.0770. The van der Waals surface area contributed by atoms with E-state index in [2.05, 4.69) is 28.7 Å². The summed E-state index contributed by atoms with van der Waals surface area (Å²) >= 11 is 6.55. The quantitative estimate of drug-likeness (QED) is 0.735. The molecule has 0 saturated carbocycles. The van der Waals surface area contributed by atoms with Gasteiger partial charge in [-0.05, 0) is 44.2 Å². The van der Waals surface area contributed by atoms with Crippen LogP contribution in [0.3, 0.4) is 0 Å². The van der Waals surface area contributed by atoms with Crippen LogP contribution in [0.15, 0.2) is 48.8 Å². The molecule has 1 aliphatic heterocycles. The van der Waals surface area contributed by atoms with Crippen LogP contribution in [-0.2, 0) is 4.74 Å². The van der Waals surface area contributed by atoms with Gasteiger partial charge < -0.3 is 9.84 Å². The highest BCUT2D eigenvalue weighted by atomic mass is 35.5. The van der Waals surface area contributed by atoms with Gasteiger partial charge in [0.1, 0.15) is 11.3 Å².